The molecule has 5 rings (SSSR count). The van der Waals surface area contributed by atoms with Crippen LogP contribution >= 0.6 is 11.6 Å². The Labute approximate surface area is 192 Å². The summed E-state index contributed by atoms with van der Waals surface area (Å²) in [6.45, 7) is 3.30. The highest BCUT2D eigenvalue weighted by Crippen LogP contribution is 2.40. The summed E-state index contributed by atoms with van der Waals surface area (Å²) < 4.78 is 0. The minimum absolute atomic E-state index is 0.180. The van der Waals surface area contributed by atoms with Crippen LogP contribution in [0.25, 0.3) is 0 Å². The molecule has 0 bridgehead atoms. The van der Waals surface area contributed by atoms with Gasteiger partial charge in [0, 0.05) is 35.7 Å². The lowest BCUT2D eigenvalue weighted by Crippen LogP contribution is -2.52. The predicted octanol–water partition coefficient (Wildman–Crippen LogP) is 3.48. The van der Waals surface area contributed by atoms with Crippen LogP contribution in [0, 0.1) is 0 Å². The summed E-state index contributed by atoms with van der Waals surface area (Å²) in [5, 5.41) is 3.00. The quantitative estimate of drug-likeness (QED) is 0.722. The molecule has 166 valence electrons. The highest BCUT2D eigenvalue weighted by Gasteiger charge is 2.40. The molecular weight excluding hydrogens is 426 g/mol. The number of nitrogens with zero attached hydrogens (tertiary/aromatic N) is 2. The van der Waals surface area contributed by atoms with Gasteiger partial charge in [-0.1, -0.05) is 48.0 Å². The molecule has 0 radical (unpaired) electrons. The number of carbonyl (C=O) groups is 3. The van der Waals surface area contributed by atoms with Gasteiger partial charge in [0.1, 0.15) is 6.04 Å². The normalized spacial score (nSPS) is 22.2. The molecule has 1 unspecified atom stereocenters. The van der Waals surface area contributed by atoms with Gasteiger partial charge in [-0.3, -0.25) is 24.6 Å². The maximum absolute atomic E-state index is 13.0. The smallest absolute Gasteiger partial charge is 0.255 e. The molecule has 6 nitrogen and oxygen atoms in total. The van der Waals surface area contributed by atoms with Crippen molar-refractivity contribution in [2.75, 3.05) is 13.1 Å². The number of fused-ring (bicyclic) bond motifs is 1. The molecule has 2 saturated heterocycles. The molecule has 0 saturated carbocycles. The van der Waals surface area contributed by atoms with Crippen LogP contribution in [-0.2, 0) is 22.7 Å². The van der Waals surface area contributed by atoms with E-state index >= 15 is 0 Å². The lowest BCUT2D eigenvalue weighted by Gasteiger charge is -2.32. The molecule has 0 spiro atoms. The monoisotopic (exact) mass is 451 g/mol. The number of amides is 3. The number of nitrogens with one attached hydrogen (secondary N) is 1. The summed E-state index contributed by atoms with van der Waals surface area (Å²) in [4.78, 5) is 40.8. The van der Waals surface area contributed by atoms with Gasteiger partial charge in [0.25, 0.3) is 5.91 Å². The first-order valence-corrected chi connectivity index (χ1v) is 11.6. The van der Waals surface area contributed by atoms with E-state index in [1.807, 2.05) is 18.2 Å². The van der Waals surface area contributed by atoms with Crippen molar-refractivity contribution in [2.24, 2.45) is 0 Å². The summed E-state index contributed by atoms with van der Waals surface area (Å²) in [6.07, 6.45) is 2.65. The van der Waals surface area contributed by atoms with Crippen molar-refractivity contribution in [3.8, 4) is 0 Å². The molecule has 3 heterocycles. The molecule has 1 atom stereocenters. The summed E-state index contributed by atoms with van der Waals surface area (Å²) in [6, 6.07) is 13.7. The van der Waals surface area contributed by atoms with Crippen LogP contribution in [0.4, 0.5) is 0 Å². The maximum atomic E-state index is 13.0. The Morgan fingerprint density at radius 3 is 2.44 bits per heavy atom. The molecule has 2 aromatic carbocycles. The van der Waals surface area contributed by atoms with Gasteiger partial charge < -0.3 is 4.90 Å². The molecule has 0 aromatic heterocycles. The molecule has 7 heteroatoms. The third-order valence-electron chi connectivity index (χ3n) is 6.96. The largest absolute Gasteiger partial charge is 0.322 e. The van der Waals surface area contributed by atoms with Crippen molar-refractivity contribution < 1.29 is 14.4 Å². The van der Waals surface area contributed by atoms with Crippen molar-refractivity contribution in [3.63, 3.8) is 0 Å². The van der Waals surface area contributed by atoms with Crippen LogP contribution in [0.5, 0.6) is 0 Å². The van der Waals surface area contributed by atoms with Gasteiger partial charge in [-0.05, 0) is 55.5 Å². The first-order chi connectivity index (χ1) is 15.5. The lowest BCUT2D eigenvalue weighted by molar-refractivity contribution is -0.136. The van der Waals surface area contributed by atoms with Crippen LogP contribution in [-0.4, -0.2) is 46.7 Å². The second kappa shape index (κ2) is 8.68. The van der Waals surface area contributed by atoms with E-state index in [4.69, 9.17) is 11.6 Å². The molecule has 3 aliphatic heterocycles. The van der Waals surface area contributed by atoms with Crippen molar-refractivity contribution in [2.45, 2.75) is 50.7 Å². The number of benzene rings is 2. The number of rotatable bonds is 4. The molecule has 2 aromatic rings. The summed E-state index contributed by atoms with van der Waals surface area (Å²) in [5.41, 5.74) is 3.81. The van der Waals surface area contributed by atoms with Gasteiger partial charge in [-0.2, -0.15) is 0 Å². The molecule has 3 amide bonds. The fraction of sp³-hybridized carbons (Fsp3) is 0.400. The average molecular weight is 452 g/mol. The molecule has 2 fully saturated rings. The Hall–Kier alpha value is -2.70. The van der Waals surface area contributed by atoms with E-state index in [2.05, 4.69) is 34.5 Å². The summed E-state index contributed by atoms with van der Waals surface area (Å²) in [7, 11) is 0. The number of imide groups is 1. The topological polar surface area (TPSA) is 69.7 Å². The molecular formula is C25H26ClN3O3. The zero-order valence-corrected chi connectivity index (χ0v) is 18.6. The van der Waals surface area contributed by atoms with Crippen LogP contribution in [0.2, 0.25) is 5.02 Å². The van der Waals surface area contributed by atoms with Crippen molar-refractivity contribution >= 4 is 29.3 Å². The summed E-state index contributed by atoms with van der Waals surface area (Å²) in [5.74, 6) is -0.501. The highest BCUT2D eigenvalue weighted by molar-refractivity contribution is 6.33. The second-order valence-electron chi connectivity index (χ2n) is 8.93. The highest BCUT2D eigenvalue weighted by atomic mass is 35.5. The van der Waals surface area contributed by atoms with E-state index in [0.29, 0.717) is 29.5 Å². The van der Waals surface area contributed by atoms with Gasteiger partial charge in [0.2, 0.25) is 11.8 Å². The number of halogens is 1. The minimum atomic E-state index is -0.617. The molecule has 1 N–H and O–H groups in total. The third kappa shape index (κ3) is 3.93. The van der Waals surface area contributed by atoms with Crippen LogP contribution < -0.4 is 5.32 Å². The Morgan fingerprint density at radius 1 is 0.969 bits per heavy atom. The molecule has 3 aliphatic rings. The zero-order valence-electron chi connectivity index (χ0n) is 17.9. The standard InChI is InChI=1S/C25H26ClN3O3/c26-23-18(17-10-12-28(13-11-17)14-16-4-2-1-3-5-16)6-7-19-20(23)15-29(25(19)32)21-8-9-22(30)27-24(21)31/h1-7,17,21H,8-15H2,(H,27,30,31). The molecule has 32 heavy (non-hydrogen) atoms. The van der Waals surface area contributed by atoms with Crippen molar-refractivity contribution in [3.05, 3.63) is 69.7 Å². The van der Waals surface area contributed by atoms with Crippen LogP contribution in [0.15, 0.2) is 42.5 Å². The van der Waals surface area contributed by atoms with Crippen LogP contribution in [0.3, 0.4) is 0 Å². The van der Waals surface area contributed by atoms with E-state index in [9.17, 15) is 14.4 Å². The first-order valence-electron chi connectivity index (χ1n) is 11.2. The van der Waals surface area contributed by atoms with Crippen LogP contribution in [0.1, 0.15) is 58.6 Å². The number of hydrogen-bond acceptors (Lipinski definition) is 4. The van der Waals surface area contributed by atoms with Crippen molar-refractivity contribution in [1.29, 1.82) is 0 Å². The Kier molecular flexibility index (Phi) is 5.74. The number of carbonyl (C=O) groups excluding carboxylic acids is 3. The first kappa shape index (κ1) is 21.2. The van der Waals surface area contributed by atoms with Crippen molar-refractivity contribution in [1.82, 2.24) is 15.1 Å². The van der Waals surface area contributed by atoms with E-state index < -0.39 is 11.9 Å². The van der Waals surface area contributed by atoms with Gasteiger partial charge in [0.05, 0.1) is 0 Å². The van der Waals surface area contributed by atoms with Gasteiger partial charge in [-0.25, -0.2) is 0 Å². The Bertz CT molecular complexity index is 1060. The van der Waals surface area contributed by atoms with Gasteiger partial charge in [-0.15, -0.1) is 0 Å². The minimum Gasteiger partial charge on any atom is -0.322 e. The Morgan fingerprint density at radius 2 is 1.72 bits per heavy atom. The second-order valence-corrected chi connectivity index (χ2v) is 9.31. The summed E-state index contributed by atoms with van der Waals surface area (Å²) >= 11 is 6.84. The van der Waals surface area contributed by atoms with E-state index in [1.54, 1.807) is 4.90 Å². The maximum Gasteiger partial charge on any atom is 0.255 e. The van der Waals surface area contributed by atoms with E-state index in [-0.39, 0.29) is 18.2 Å². The number of piperidine rings is 2. The van der Waals surface area contributed by atoms with E-state index in [0.717, 1.165) is 43.6 Å². The average Bonchev–Trinajstić information content (AvgIpc) is 3.13. The molecule has 0 aliphatic carbocycles. The number of likely N-dealkylation sites (tertiary alicyclic amines) is 1. The zero-order chi connectivity index (χ0) is 22.2. The van der Waals surface area contributed by atoms with E-state index in [1.165, 1.54) is 5.56 Å². The lowest BCUT2D eigenvalue weighted by atomic mass is 9.87. The predicted molar refractivity (Wildman–Crippen MR) is 121 cm³/mol. The van der Waals surface area contributed by atoms with Gasteiger partial charge >= 0.3 is 0 Å². The fourth-order valence-corrected chi connectivity index (χ4v) is 5.56. The Balaban J connectivity index is 1.28. The third-order valence-corrected chi connectivity index (χ3v) is 7.40. The van der Waals surface area contributed by atoms with Gasteiger partial charge in [0.15, 0.2) is 0 Å². The number of hydrogen-bond donors (Lipinski definition) is 1. The fourth-order valence-electron chi connectivity index (χ4n) is 5.18. The SMILES string of the molecule is O=C1CCC(N2Cc3c(ccc(C4CCN(Cc5ccccc5)CC4)c3Cl)C2=O)C(=O)N1.